The Hall–Kier alpha value is -2.49. The molecule has 1 atom stereocenters. The smallest absolute Gasteiger partial charge is 0.336 e. The highest BCUT2D eigenvalue weighted by Crippen LogP contribution is 2.38. The Kier molecular flexibility index (Phi) is 12.0. The van der Waals surface area contributed by atoms with E-state index in [1.165, 1.54) is 20.8 Å². The van der Waals surface area contributed by atoms with Gasteiger partial charge in [-0.2, -0.15) is 0 Å². The average Bonchev–Trinajstić information content (AvgIpc) is 2.71. The van der Waals surface area contributed by atoms with E-state index in [-0.39, 0.29) is 29.7 Å². The van der Waals surface area contributed by atoms with Gasteiger partial charge in [0.15, 0.2) is 0 Å². The fraction of sp³-hybridized carbons (Fsp3) is 0.591. The van der Waals surface area contributed by atoms with E-state index in [9.17, 15) is 24.6 Å². The van der Waals surface area contributed by atoms with Gasteiger partial charge in [-0.25, -0.2) is 14.4 Å². The van der Waals surface area contributed by atoms with Gasteiger partial charge in [0.25, 0.3) is 0 Å². The molecular weight excluding hydrogens is 408 g/mol. The zero-order valence-corrected chi connectivity index (χ0v) is 18.6. The summed E-state index contributed by atoms with van der Waals surface area (Å²) >= 11 is 0. The molecule has 0 aliphatic heterocycles. The van der Waals surface area contributed by atoms with Crippen molar-refractivity contribution in [1.82, 2.24) is 0 Å². The molecule has 0 aliphatic rings. The van der Waals surface area contributed by atoms with E-state index in [2.05, 4.69) is 19.7 Å². The van der Waals surface area contributed by atoms with Gasteiger partial charge in [0.05, 0.1) is 6.61 Å². The average molecular weight is 443 g/mol. The monoisotopic (exact) mass is 442 g/mol. The molecular formula is C22H34O9. The first-order valence-corrected chi connectivity index (χ1v) is 9.91. The number of aliphatic hydroxyl groups is 3. The molecule has 0 aromatic heterocycles. The van der Waals surface area contributed by atoms with E-state index < -0.39 is 42.5 Å². The first kappa shape index (κ1) is 28.5. The topological polar surface area (TPSA) is 140 Å². The van der Waals surface area contributed by atoms with E-state index in [1.807, 2.05) is 0 Å². The van der Waals surface area contributed by atoms with Crippen LogP contribution >= 0.6 is 0 Å². The lowest BCUT2D eigenvalue weighted by Gasteiger charge is -2.45. The number of esters is 3. The minimum absolute atomic E-state index is 0.00279. The van der Waals surface area contributed by atoms with Crippen molar-refractivity contribution in [2.45, 2.75) is 64.3 Å². The van der Waals surface area contributed by atoms with Gasteiger partial charge < -0.3 is 29.5 Å². The number of hydrogen-bond donors (Lipinski definition) is 3. The van der Waals surface area contributed by atoms with Gasteiger partial charge in [-0.1, -0.05) is 32.6 Å². The summed E-state index contributed by atoms with van der Waals surface area (Å²) in [6.45, 7) is 12.4. The first-order valence-electron chi connectivity index (χ1n) is 9.91. The van der Waals surface area contributed by atoms with Crippen molar-refractivity contribution in [2.24, 2.45) is 0 Å². The lowest BCUT2D eigenvalue weighted by atomic mass is 9.86. The third-order valence-electron chi connectivity index (χ3n) is 4.50. The molecule has 0 aliphatic carbocycles. The summed E-state index contributed by atoms with van der Waals surface area (Å²) in [5.41, 5.74) is -2.33. The first-order chi connectivity index (χ1) is 14.4. The van der Waals surface area contributed by atoms with Crippen LogP contribution in [0.4, 0.5) is 0 Å². The molecule has 0 aromatic carbocycles. The van der Waals surface area contributed by atoms with Crippen LogP contribution in [0.3, 0.4) is 0 Å². The van der Waals surface area contributed by atoms with Gasteiger partial charge in [0, 0.05) is 23.3 Å². The SMILES string of the molecule is C=C(C)C(=O)OC(CO)(CCCCCCO)C(CO)(OC(=O)C(=C)C)OC(=O)C(=C)C. The summed E-state index contributed by atoms with van der Waals surface area (Å²) < 4.78 is 16.1. The molecule has 0 saturated carbocycles. The van der Waals surface area contributed by atoms with E-state index in [4.69, 9.17) is 19.3 Å². The molecule has 0 heterocycles. The third kappa shape index (κ3) is 7.93. The standard InChI is InChI=1S/C22H34O9/c1-15(2)18(26)29-21(13-24,11-9-7-8-10-12-23)22(14-25,30-19(27)16(3)4)31-20(28)17(5)6/h23-25H,1,3,5,7-14H2,2,4,6H3. The molecule has 0 aromatic rings. The van der Waals surface area contributed by atoms with E-state index >= 15 is 0 Å². The van der Waals surface area contributed by atoms with Crippen LogP contribution in [0, 0.1) is 0 Å². The van der Waals surface area contributed by atoms with Crippen molar-refractivity contribution in [1.29, 1.82) is 0 Å². The Labute approximate surface area is 183 Å². The second-order valence-corrected chi connectivity index (χ2v) is 7.46. The Balaban J connectivity index is 6.44. The highest BCUT2D eigenvalue weighted by atomic mass is 16.8. The zero-order chi connectivity index (χ0) is 24.2. The highest BCUT2D eigenvalue weighted by Gasteiger charge is 2.61. The fourth-order valence-electron chi connectivity index (χ4n) is 2.58. The molecule has 1 unspecified atom stereocenters. The molecule has 176 valence electrons. The van der Waals surface area contributed by atoms with Crippen molar-refractivity contribution in [3.8, 4) is 0 Å². The van der Waals surface area contributed by atoms with Crippen LogP contribution in [0.25, 0.3) is 0 Å². The van der Waals surface area contributed by atoms with Gasteiger partial charge in [-0.3, -0.25) is 0 Å². The largest absolute Gasteiger partial charge is 0.445 e. The summed E-state index contributed by atoms with van der Waals surface area (Å²) in [7, 11) is 0. The number of carbonyl (C=O) groups excluding carboxylic acids is 3. The normalized spacial score (nSPS) is 13.0. The predicted molar refractivity (Wildman–Crippen MR) is 113 cm³/mol. The summed E-state index contributed by atoms with van der Waals surface area (Å²) in [6.07, 6.45) is 1.91. The van der Waals surface area contributed by atoms with Gasteiger partial charge in [-0.15, -0.1) is 0 Å². The molecule has 0 spiro atoms. The van der Waals surface area contributed by atoms with Crippen LogP contribution in [0.15, 0.2) is 36.5 Å². The molecule has 0 saturated heterocycles. The highest BCUT2D eigenvalue weighted by molar-refractivity contribution is 5.90. The summed E-state index contributed by atoms with van der Waals surface area (Å²) in [5, 5.41) is 29.5. The number of ether oxygens (including phenoxy) is 3. The van der Waals surface area contributed by atoms with Gasteiger partial charge in [0.1, 0.15) is 6.61 Å². The second-order valence-electron chi connectivity index (χ2n) is 7.46. The van der Waals surface area contributed by atoms with Crippen LogP contribution < -0.4 is 0 Å². The molecule has 9 nitrogen and oxygen atoms in total. The number of rotatable bonds is 15. The van der Waals surface area contributed by atoms with Crippen molar-refractivity contribution in [3.05, 3.63) is 36.5 Å². The molecule has 3 N–H and O–H groups in total. The second kappa shape index (κ2) is 13.0. The Morgan fingerprint density at radius 1 is 0.677 bits per heavy atom. The van der Waals surface area contributed by atoms with E-state index in [0.717, 1.165) is 0 Å². The quantitative estimate of drug-likeness (QED) is 0.150. The Morgan fingerprint density at radius 3 is 1.45 bits per heavy atom. The van der Waals surface area contributed by atoms with Crippen LogP contribution in [0.2, 0.25) is 0 Å². The van der Waals surface area contributed by atoms with Crippen LogP contribution in [0.1, 0.15) is 52.9 Å². The Morgan fingerprint density at radius 2 is 1.10 bits per heavy atom. The van der Waals surface area contributed by atoms with Gasteiger partial charge >= 0.3 is 23.7 Å². The zero-order valence-electron chi connectivity index (χ0n) is 18.6. The lowest BCUT2D eigenvalue weighted by Crippen LogP contribution is -2.65. The minimum Gasteiger partial charge on any atom is -0.445 e. The van der Waals surface area contributed by atoms with Crippen molar-refractivity contribution >= 4 is 17.9 Å². The lowest BCUT2D eigenvalue weighted by molar-refractivity contribution is -0.314. The molecule has 0 fully saturated rings. The maximum atomic E-state index is 12.4. The van der Waals surface area contributed by atoms with Gasteiger partial charge in [0.2, 0.25) is 5.60 Å². The number of unbranched alkanes of at least 4 members (excludes halogenated alkanes) is 3. The maximum Gasteiger partial charge on any atom is 0.336 e. The van der Waals surface area contributed by atoms with Crippen molar-refractivity contribution in [2.75, 3.05) is 19.8 Å². The molecule has 31 heavy (non-hydrogen) atoms. The molecule has 0 amide bonds. The van der Waals surface area contributed by atoms with Crippen molar-refractivity contribution < 1.29 is 43.9 Å². The number of aliphatic hydroxyl groups excluding tert-OH is 3. The van der Waals surface area contributed by atoms with E-state index in [0.29, 0.717) is 25.7 Å². The minimum atomic E-state index is -2.57. The van der Waals surface area contributed by atoms with E-state index in [1.54, 1.807) is 0 Å². The number of carbonyl (C=O) groups is 3. The molecule has 9 heteroatoms. The van der Waals surface area contributed by atoms with Gasteiger partial charge in [-0.05, 0) is 40.0 Å². The molecule has 0 radical (unpaired) electrons. The summed E-state index contributed by atoms with van der Waals surface area (Å²) in [5.74, 6) is -5.59. The molecule has 0 rings (SSSR count). The summed E-state index contributed by atoms with van der Waals surface area (Å²) in [6, 6.07) is 0. The fourth-order valence-corrected chi connectivity index (χ4v) is 2.58. The third-order valence-corrected chi connectivity index (χ3v) is 4.50. The van der Waals surface area contributed by atoms with Crippen LogP contribution in [-0.4, -0.2) is 64.4 Å². The predicted octanol–water partition coefficient (Wildman–Crippen LogP) is 1.71. The maximum absolute atomic E-state index is 12.4. The Bertz CT molecular complexity index is 667. The van der Waals surface area contributed by atoms with Crippen LogP contribution in [0.5, 0.6) is 0 Å². The van der Waals surface area contributed by atoms with Crippen LogP contribution in [-0.2, 0) is 28.6 Å². The van der Waals surface area contributed by atoms with Crippen molar-refractivity contribution in [3.63, 3.8) is 0 Å². The number of hydrogen-bond acceptors (Lipinski definition) is 9. The summed E-state index contributed by atoms with van der Waals surface area (Å²) in [4.78, 5) is 37.1. The molecule has 0 bridgehead atoms.